The number of rotatable bonds is 1. The second kappa shape index (κ2) is 4.33. The summed E-state index contributed by atoms with van der Waals surface area (Å²) in [6.07, 6.45) is -0.336. The molecule has 1 amide bonds. The molecule has 0 unspecified atom stereocenters. The van der Waals surface area contributed by atoms with Gasteiger partial charge in [-0.25, -0.2) is 0 Å². The van der Waals surface area contributed by atoms with Crippen molar-refractivity contribution in [3.05, 3.63) is 34.3 Å². The van der Waals surface area contributed by atoms with E-state index in [2.05, 4.69) is 21.2 Å². The summed E-state index contributed by atoms with van der Waals surface area (Å²) in [5.74, 6) is -0.0471. The van der Waals surface area contributed by atoms with Crippen LogP contribution in [0.3, 0.4) is 0 Å². The minimum atomic E-state index is -0.336. The molecule has 15 heavy (non-hydrogen) atoms. The van der Waals surface area contributed by atoms with Crippen LogP contribution in [0.25, 0.3) is 0 Å². The van der Waals surface area contributed by atoms with Crippen LogP contribution in [0.15, 0.2) is 28.7 Å². The highest BCUT2D eigenvalue weighted by atomic mass is 79.9. The average Bonchev–Trinajstić information content (AvgIpc) is 2.23. The third-order valence-corrected chi connectivity index (χ3v) is 3.00. The first-order valence-corrected chi connectivity index (χ1v) is 5.63. The number of carbonyl (C=O) groups excluding carboxylic acids is 1. The quantitative estimate of drug-likeness (QED) is 0.847. The summed E-state index contributed by atoms with van der Waals surface area (Å²) in [6, 6.07) is 7.85. The van der Waals surface area contributed by atoms with E-state index in [1.54, 1.807) is 6.92 Å². The van der Waals surface area contributed by atoms with Gasteiger partial charge < -0.3 is 10.1 Å². The summed E-state index contributed by atoms with van der Waals surface area (Å²) < 4.78 is 6.39. The Labute approximate surface area is 96.9 Å². The summed E-state index contributed by atoms with van der Waals surface area (Å²) in [7, 11) is 0. The summed E-state index contributed by atoms with van der Waals surface area (Å²) in [6.45, 7) is 2.29. The topological polar surface area (TPSA) is 38.3 Å². The maximum Gasteiger partial charge on any atom is 0.249 e. The van der Waals surface area contributed by atoms with Crippen LogP contribution in [0.4, 0.5) is 0 Å². The smallest absolute Gasteiger partial charge is 0.249 e. The molecule has 1 aliphatic rings. The van der Waals surface area contributed by atoms with E-state index < -0.39 is 0 Å². The van der Waals surface area contributed by atoms with Gasteiger partial charge in [-0.15, -0.1) is 0 Å². The van der Waals surface area contributed by atoms with Crippen molar-refractivity contribution in [3.63, 3.8) is 0 Å². The van der Waals surface area contributed by atoms with Crippen LogP contribution in [0.1, 0.15) is 18.5 Å². The average molecular weight is 270 g/mol. The first kappa shape index (κ1) is 10.6. The number of hydrogen-bond acceptors (Lipinski definition) is 2. The minimum Gasteiger partial charge on any atom is -0.366 e. The lowest BCUT2D eigenvalue weighted by atomic mass is 10.1. The zero-order valence-corrected chi connectivity index (χ0v) is 9.95. The van der Waals surface area contributed by atoms with Crippen molar-refractivity contribution in [1.82, 2.24) is 5.32 Å². The van der Waals surface area contributed by atoms with Gasteiger partial charge in [0.15, 0.2) is 0 Å². The molecule has 0 aliphatic carbocycles. The number of halogens is 1. The number of benzene rings is 1. The first-order chi connectivity index (χ1) is 7.16. The van der Waals surface area contributed by atoms with Gasteiger partial charge in [0.25, 0.3) is 0 Å². The van der Waals surface area contributed by atoms with E-state index in [0.717, 1.165) is 10.0 Å². The maximum absolute atomic E-state index is 11.4. The monoisotopic (exact) mass is 269 g/mol. The van der Waals surface area contributed by atoms with Crippen LogP contribution >= 0.6 is 15.9 Å². The third kappa shape index (κ3) is 2.38. The molecule has 1 aromatic rings. The van der Waals surface area contributed by atoms with Gasteiger partial charge in [0.05, 0.1) is 12.6 Å². The largest absolute Gasteiger partial charge is 0.366 e. The molecular formula is C11H12BrNO2. The second-order valence-corrected chi connectivity index (χ2v) is 4.50. The highest BCUT2D eigenvalue weighted by Gasteiger charge is 2.25. The van der Waals surface area contributed by atoms with E-state index in [0.29, 0.717) is 6.61 Å². The van der Waals surface area contributed by atoms with Crippen LogP contribution < -0.4 is 5.32 Å². The lowest BCUT2D eigenvalue weighted by molar-refractivity contribution is -0.139. The maximum atomic E-state index is 11.4. The van der Waals surface area contributed by atoms with Crippen molar-refractivity contribution in [1.29, 1.82) is 0 Å². The number of hydrogen-bond donors (Lipinski definition) is 1. The fourth-order valence-electron chi connectivity index (χ4n) is 1.52. The standard InChI is InChI=1S/C11H12BrNO2/c1-7-11(14)13-10(6-15-7)8-2-4-9(12)5-3-8/h2-5,7,10H,6H2,1H3,(H,13,14)/t7-,10+/m1/s1. The Kier molecular flexibility index (Phi) is 3.07. The molecular weight excluding hydrogens is 258 g/mol. The Hall–Kier alpha value is -0.870. The Bertz CT molecular complexity index is 363. The van der Waals surface area contributed by atoms with Gasteiger partial charge in [-0.3, -0.25) is 4.79 Å². The summed E-state index contributed by atoms with van der Waals surface area (Å²) in [5, 5.41) is 2.92. The van der Waals surface area contributed by atoms with Crippen LogP contribution in [0.2, 0.25) is 0 Å². The molecule has 4 heteroatoms. The number of nitrogens with one attached hydrogen (secondary N) is 1. The van der Waals surface area contributed by atoms with Crippen molar-refractivity contribution in [2.45, 2.75) is 19.1 Å². The van der Waals surface area contributed by atoms with Crippen LogP contribution in [0.5, 0.6) is 0 Å². The molecule has 2 atom stereocenters. The molecule has 1 N–H and O–H groups in total. The van der Waals surface area contributed by atoms with Gasteiger partial charge in [-0.1, -0.05) is 28.1 Å². The van der Waals surface area contributed by atoms with Gasteiger partial charge in [0.1, 0.15) is 6.10 Å². The second-order valence-electron chi connectivity index (χ2n) is 3.59. The number of carbonyl (C=O) groups is 1. The third-order valence-electron chi connectivity index (χ3n) is 2.47. The molecule has 2 rings (SSSR count). The molecule has 0 aromatic heterocycles. The van der Waals surface area contributed by atoms with E-state index in [-0.39, 0.29) is 18.1 Å². The predicted octanol–water partition coefficient (Wildman–Crippen LogP) is 2.03. The van der Waals surface area contributed by atoms with Crippen LogP contribution in [-0.4, -0.2) is 18.6 Å². The van der Waals surface area contributed by atoms with Crippen molar-refractivity contribution in [2.24, 2.45) is 0 Å². The minimum absolute atomic E-state index is 0.0261. The van der Waals surface area contributed by atoms with Crippen molar-refractivity contribution in [3.8, 4) is 0 Å². The Morgan fingerprint density at radius 2 is 2.07 bits per heavy atom. The number of ether oxygens (including phenoxy) is 1. The van der Waals surface area contributed by atoms with Crippen molar-refractivity contribution in [2.75, 3.05) is 6.61 Å². The normalized spacial score (nSPS) is 26.1. The van der Waals surface area contributed by atoms with Crippen molar-refractivity contribution >= 4 is 21.8 Å². The summed E-state index contributed by atoms with van der Waals surface area (Å²) >= 11 is 3.37. The molecule has 0 bridgehead atoms. The lowest BCUT2D eigenvalue weighted by Gasteiger charge is -2.27. The Morgan fingerprint density at radius 1 is 1.40 bits per heavy atom. The molecule has 1 aliphatic heterocycles. The highest BCUT2D eigenvalue weighted by molar-refractivity contribution is 9.10. The first-order valence-electron chi connectivity index (χ1n) is 4.84. The van der Waals surface area contributed by atoms with Gasteiger partial charge in [-0.2, -0.15) is 0 Å². The van der Waals surface area contributed by atoms with E-state index in [1.165, 1.54) is 0 Å². The van der Waals surface area contributed by atoms with Gasteiger partial charge in [-0.05, 0) is 24.6 Å². The van der Waals surface area contributed by atoms with E-state index in [1.807, 2.05) is 24.3 Å². The van der Waals surface area contributed by atoms with E-state index >= 15 is 0 Å². The predicted molar refractivity (Wildman–Crippen MR) is 60.4 cm³/mol. The van der Waals surface area contributed by atoms with Gasteiger partial charge in [0, 0.05) is 4.47 Å². The Balaban J connectivity index is 2.12. The van der Waals surface area contributed by atoms with Crippen LogP contribution in [-0.2, 0) is 9.53 Å². The van der Waals surface area contributed by atoms with Gasteiger partial charge >= 0.3 is 0 Å². The molecule has 0 radical (unpaired) electrons. The molecule has 0 spiro atoms. The molecule has 1 heterocycles. The Morgan fingerprint density at radius 3 is 2.67 bits per heavy atom. The highest BCUT2D eigenvalue weighted by Crippen LogP contribution is 2.20. The number of amides is 1. The fraction of sp³-hybridized carbons (Fsp3) is 0.364. The van der Waals surface area contributed by atoms with E-state index in [4.69, 9.17) is 4.74 Å². The molecule has 3 nitrogen and oxygen atoms in total. The fourth-order valence-corrected chi connectivity index (χ4v) is 1.79. The van der Waals surface area contributed by atoms with Crippen LogP contribution in [0, 0.1) is 0 Å². The summed E-state index contributed by atoms with van der Waals surface area (Å²) in [5.41, 5.74) is 1.07. The zero-order chi connectivity index (χ0) is 10.8. The van der Waals surface area contributed by atoms with E-state index in [9.17, 15) is 4.79 Å². The molecule has 80 valence electrons. The zero-order valence-electron chi connectivity index (χ0n) is 8.37. The van der Waals surface area contributed by atoms with Gasteiger partial charge in [0.2, 0.25) is 5.91 Å². The summed E-state index contributed by atoms with van der Waals surface area (Å²) in [4.78, 5) is 11.4. The SMILES string of the molecule is C[C@H]1OC[C@@H](c2ccc(Br)cc2)NC1=O. The molecule has 0 saturated carbocycles. The molecule has 1 aromatic carbocycles. The lowest BCUT2D eigenvalue weighted by Crippen LogP contribution is -2.44. The van der Waals surface area contributed by atoms with Crippen molar-refractivity contribution < 1.29 is 9.53 Å². The number of morpholine rings is 1. The molecule has 1 fully saturated rings. The molecule has 1 saturated heterocycles.